The first-order chi connectivity index (χ1) is 5.91. The molecule has 1 nitrogen and oxygen atoms in total. The van der Waals surface area contributed by atoms with Crippen molar-refractivity contribution in [1.29, 1.82) is 0 Å². The van der Waals surface area contributed by atoms with E-state index in [2.05, 4.69) is 57.5 Å². The van der Waals surface area contributed by atoms with Crippen LogP contribution in [0.15, 0.2) is 8.96 Å². The van der Waals surface area contributed by atoms with Crippen LogP contribution in [0.5, 0.6) is 0 Å². The molecule has 0 unspecified atom stereocenters. The number of likely N-dealkylation sites (tertiary alicyclic amines) is 1. The van der Waals surface area contributed by atoms with Crippen LogP contribution >= 0.6 is 31.9 Å². The highest BCUT2D eigenvalue weighted by Gasteiger charge is 2.24. The van der Waals surface area contributed by atoms with Gasteiger partial charge in [-0.1, -0.05) is 0 Å². The zero-order valence-electron chi connectivity index (χ0n) is 8.53. The molecule has 0 radical (unpaired) electrons. The summed E-state index contributed by atoms with van der Waals surface area (Å²) in [6.07, 6.45) is 2.37. The van der Waals surface area contributed by atoms with Crippen LogP contribution in [-0.4, -0.2) is 23.5 Å². The topological polar surface area (TPSA) is 3.24 Å². The van der Waals surface area contributed by atoms with E-state index in [0.717, 1.165) is 3.39 Å². The molecule has 0 aliphatic carbocycles. The van der Waals surface area contributed by atoms with Crippen molar-refractivity contribution >= 4 is 31.9 Å². The maximum absolute atomic E-state index is 3.48. The Morgan fingerprint density at radius 1 is 1.15 bits per heavy atom. The number of hydrogen-bond donors (Lipinski definition) is 0. The molecule has 0 aromatic heterocycles. The predicted molar refractivity (Wildman–Crippen MR) is 65.4 cm³/mol. The highest BCUT2D eigenvalue weighted by atomic mass is 79.9. The summed E-state index contributed by atoms with van der Waals surface area (Å²) < 4.78 is 1.16. The molecule has 0 atom stereocenters. The molecule has 0 amide bonds. The van der Waals surface area contributed by atoms with Gasteiger partial charge in [-0.2, -0.15) is 0 Å². The molecule has 1 fully saturated rings. The van der Waals surface area contributed by atoms with E-state index in [0.29, 0.717) is 5.54 Å². The van der Waals surface area contributed by atoms with Crippen LogP contribution in [0.25, 0.3) is 0 Å². The summed E-state index contributed by atoms with van der Waals surface area (Å²) in [6, 6.07) is 0. The maximum Gasteiger partial charge on any atom is 0.0597 e. The average Bonchev–Trinajstić information content (AvgIpc) is 2.03. The molecule has 0 saturated carbocycles. The Bertz CT molecular complexity index is 201. The van der Waals surface area contributed by atoms with Crippen molar-refractivity contribution in [3.8, 4) is 0 Å². The van der Waals surface area contributed by atoms with Gasteiger partial charge in [-0.25, -0.2) is 0 Å². The summed E-state index contributed by atoms with van der Waals surface area (Å²) in [6.45, 7) is 9.21. The first-order valence-corrected chi connectivity index (χ1v) is 6.28. The molecule has 76 valence electrons. The Labute approximate surface area is 97.8 Å². The van der Waals surface area contributed by atoms with Crippen LogP contribution in [0.4, 0.5) is 0 Å². The van der Waals surface area contributed by atoms with Crippen molar-refractivity contribution in [2.24, 2.45) is 0 Å². The first-order valence-electron chi connectivity index (χ1n) is 4.69. The molecular formula is C10H17Br2N. The van der Waals surface area contributed by atoms with Gasteiger partial charge in [-0.15, -0.1) is 0 Å². The zero-order valence-corrected chi connectivity index (χ0v) is 11.7. The number of nitrogens with zero attached hydrogens (tertiary/aromatic N) is 1. The van der Waals surface area contributed by atoms with E-state index < -0.39 is 0 Å². The van der Waals surface area contributed by atoms with Gasteiger partial charge in [0, 0.05) is 18.6 Å². The first kappa shape index (κ1) is 11.7. The lowest BCUT2D eigenvalue weighted by atomic mass is 9.99. The van der Waals surface area contributed by atoms with Gasteiger partial charge >= 0.3 is 0 Å². The minimum Gasteiger partial charge on any atom is -0.298 e. The summed E-state index contributed by atoms with van der Waals surface area (Å²) in [5.41, 5.74) is 1.84. The van der Waals surface area contributed by atoms with Gasteiger partial charge in [0.1, 0.15) is 0 Å². The van der Waals surface area contributed by atoms with E-state index >= 15 is 0 Å². The highest BCUT2D eigenvalue weighted by molar-refractivity contribution is 9.28. The Morgan fingerprint density at radius 2 is 1.62 bits per heavy atom. The fourth-order valence-corrected chi connectivity index (χ4v) is 2.43. The van der Waals surface area contributed by atoms with Crippen LogP contribution in [0.1, 0.15) is 33.6 Å². The van der Waals surface area contributed by atoms with E-state index in [-0.39, 0.29) is 0 Å². The molecule has 0 aromatic rings. The molecule has 0 bridgehead atoms. The lowest BCUT2D eigenvalue weighted by Crippen LogP contribution is -2.44. The van der Waals surface area contributed by atoms with E-state index in [4.69, 9.17) is 0 Å². The molecule has 0 N–H and O–H groups in total. The molecule has 0 aromatic carbocycles. The second-order valence-electron chi connectivity index (χ2n) is 4.52. The van der Waals surface area contributed by atoms with Crippen LogP contribution in [-0.2, 0) is 0 Å². The fourth-order valence-electron chi connectivity index (χ4n) is 1.64. The maximum atomic E-state index is 3.48. The molecule has 3 heteroatoms. The molecular weight excluding hydrogens is 294 g/mol. The second-order valence-corrected chi connectivity index (χ2v) is 7.17. The Kier molecular flexibility index (Phi) is 4.02. The SMILES string of the molecule is CC(C)(C)N1CCC(=C(Br)Br)CC1. The summed E-state index contributed by atoms with van der Waals surface area (Å²) in [7, 11) is 0. The minimum atomic E-state index is 0.324. The van der Waals surface area contributed by atoms with E-state index in [9.17, 15) is 0 Å². The summed E-state index contributed by atoms with van der Waals surface area (Å²) in [5.74, 6) is 0. The Balaban J connectivity index is 2.54. The van der Waals surface area contributed by atoms with Crippen LogP contribution in [0.3, 0.4) is 0 Å². The van der Waals surface area contributed by atoms with E-state index in [1.807, 2.05) is 0 Å². The van der Waals surface area contributed by atoms with Crippen molar-refractivity contribution in [3.05, 3.63) is 8.96 Å². The van der Waals surface area contributed by atoms with Crippen molar-refractivity contribution in [2.45, 2.75) is 39.2 Å². The van der Waals surface area contributed by atoms with Gasteiger partial charge < -0.3 is 0 Å². The molecule has 1 heterocycles. The Hall–Kier alpha value is 0.660. The molecule has 1 rings (SSSR count). The third-order valence-electron chi connectivity index (χ3n) is 2.58. The van der Waals surface area contributed by atoms with Gasteiger partial charge in [0.15, 0.2) is 0 Å². The summed E-state index contributed by atoms with van der Waals surface area (Å²) in [4.78, 5) is 2.54. The van der Waals surface area contributed by atoms with E-state index in [1.165, 1.54) is 31.5 Å². The smallest absolute Gasteiger partial charge is 0.0597 e. The Morgan fingerprint density at radius 3 is 1.92 bits per heavy atom. The monoisotopic (exact) mass is 309 g/mol. The average molecular weight is 311 g/mol. The van der Waals surface area contributed by atoms with Crippen molar-refractivity contribution in [2.75, 3.05) is 13.1 Å². The predicted octanol–water partition coefficient (Wildman–Crippen LogP) is 3.88. The number of piperidine rings is 1. The van der Waals surface area contributed by atoms with Gasteiger partial charge in [0.25, 0.3) is 0 Å². The molecule has 1 saturated heterocycles. The third kappa shape index (κ3) is 3.37. The van der Waals surface area contributed by atoms with Crippen molar-refractivity contribution < 1.29 is 0 Å². The normalized spacial score (nSPS) is 20.5. The largest absolute Gasteiger partial charge is 0.298 e. The second kappa shape index (κ2) is 4.45. The summed E-state index contributed by atoms with van der Waals surface area (Å²) >= 11 is 6.97. The standard InChI is InChI=1S/C10H17Br2N/c1-10(2,3)13-6-4-8(5-7-13)9(11)12/h4-7H2,1-3H3. The number of hydrogen-bond acceptors (Lipinski definition) is 1. The fraction of sp³-hybridized carbons (Fsp3) is 0.800. The lowest BCUT2D eigenvalue weighted by Gasteiger charge is -2.39. The number of rotatable bonds is 0. The van der Waals surface area contributed by atoms with Crippen molar-refractivity contribution in [1.82, 2.24) is 4.90 Å². The van der Waals surface area contributed by atoms with Crippen LogP contribution in [0, 0.1) is 0 Å². The van der Waals surface area contributed by atoms with Gasteiger partial charge in [0.2, 0.25) is 0 Å². The van der Waals surface area contributed by atoms with Gasteiger partial charge in [-0.05, 0) is 71.0 Å². The van der Waals surface area contributed by atoms with Crippen LogP contribution < -0.4 is 0 Å². The third-order valence-corrected chi connectivity index (χ3v) is 3.70. The van der Waals surface area contributed by atoms with Gasteiger partial charge in [-0.3, -0.25) is 4.90 Å². The highest BCUT2D eigenvalue weighted by Crippen LogP contribution is 2.29. The lowest BCUT2D eigenvalue weighted by molar-refractivity contribution is 0.126. The van der Waals surface area contributed by atoms with E-state index in [1.54, 1.807) is 0 Å². The number of halogens is 2. The molecule has 1 aliphatic heterocycles. The summed E-state index contributed by atoms with van der Waals surface area (Å²) in [5, 5.41) is 0. The molecule has 0 spiro atoms. The quantitative estimate of drug-likeness (QED) is 0.656. The van der Waals surface area contributed by atoms with Crippen molar-refractivity contribution in [3.63, 3.8) is 0 Å². The van der Waals surface area contributed by atoms with Gasteiger partial charge in [0.05, 0.1) is 3.39 Å². The molecule has 13 heavy (non-hydrogen) atoms. The zero-order chi connectivity index (χ0) is 10.1. The molecule has 1 aliphatic rings. The minimum absolute atomic E-state index is 0.324. The van der Waals surface area contributed by atoms with Crippen LogP contribution in [0.2, 0.25) is 0 Å².